The molecule has 0 bridgehead atoms. The van der Waals surface area contributed by atoms with Crippen LogP contribution in [-0.4, -0.2) is 78.2 Å². The number of ether oxygens (including phenoxy) is 2. The van der Waals surface area contributed by atoms with Gasteiger partial charge < -0.3 is 29.9 Å². The second-order valence-corrected chi connectivity index (χ2v) is 10.5. The van der Waals surface area contributed by atoms with Gasteiger partial charge in [-0.1, -0.05) is 51.1 Å². The van der Waals surface area contributed by atoms with Gasteiger partial charge in [-0.25, -0.2) is 9.59 Å². The van der Waals surface area contributed by atoms with Crippen LogP contribution in [0.3, 0.4) is 0 Å². The first kappa shape index (κ1) is 29.3. The number of nitrogens with zero attached hydrogens (tertiary/aromatic N) is 2. The van der Waals surface area contributed by atoms with E-state index in [2.05, 4.69) is 10.6 Å². The molecule has 2 aliphatic rings. The van der Waals surface area contributed by atoms with Crippen LogP contribution in [0.2, 0.25) is 0 Å². The molecule has 10 nitrogen and oxygen atoms in total. The van der Waals surface area contributed by atoms with Crippen molar-refractivity contribution in [1.82, 2.24) is 20.4 Å². The number of likely N-dealkylation sites (tertiary alicyclic amines) is 1. The van der Waals surface area contributed by atoms with E-state index in [9.17, 15) is 19.2 Å². The van der Waals surface area contributed by atoms with Gasteiger partial charge in [-0.05, 0) is 50.0 Å². The maximum atomic E-state index is 13.4. The number of hydrogen-bond donors (Lipinski definition) is 2. The van der Waals surface area contributed by atoms with Gasteiger partial charge in [0.1, 0.15) is 18.2 Å². The van der Waals surface area contributed by atoms with Crippen LogP contribution in [0.15, 0.2) is 30.3 Å². The number of piperidine rings is 1. The molecule has 1 atom stereocenters. The molecule has 10 heteroatoms. The first-order valence-corrected chi connectivity index (χ1v) is 13.8. The van der Waals surface area contributed by atoms with Gasteiger partial charge in [0.15, 0.2) is 0 Å². The van der Waals surface area contributed by atoms with Crippen LogP contribution in [0.1, 0.15) is 64.9 Å². The van der Waals surface area contributed by atoms with E-state index in [4.69, 9.17) is 9.47 Å². The summed E-state index contributed by atoms with van der Waals surface area (Å²) >= 11 is 0. The fraction of sp³-hybridized carbons (Fsp3) is 0.643. The number of amides is 4. The summed E-state index contributed by atoms with van der Waals surface area (Å²) in [7, 11) is 0. The fourth-order valence-electron chi connectivity index (χ4n) is 4.94. The van der Waals surface area contributed by atoms with Crippen molar-refractivity contribution in [3.05, 3.63) is 35.9 Å². The first-order chi connectivity index (χ1) is 18.3. The Labute approximate surface area is 225 Å². The van der Waals surface area contributed by atoms with E-state index in [0.717, 1.165) is 12.0 Å². The van der Waals surface area contributed by atoms with Crippen molar-refractivity contribution in [1.29, 1.82) is 0 Å². The second kappa shape index (κ2) is 14.0. The molecule has 2 heterocycles. The lowest BCUT2D eigenvalue weighted by atomic mass is 9.81. The number of hydrogen-bond acceptors (Lipinski definition) is 6. The largest absolute Gasteiger partial charge is 0.449 e. The Morgan fingerprint density at radius 3 is 2.47 bits per heavy atom. The molecular formula is C28H42N4O6. The van der Waals surface area contributed by atoms with Crippen molar-refractivity contribution in [2.75, 3.05) is 32.8 Å². The van der Waals surface area contributed by atoms with Crippen LogP contribution in [0, 0.1) is 5.92 Å². The first-order valence-electron chi connectivity index (χ1n) is 13.8. The molecule has 2 saturated heterocycles. The second-order valence-electron chi connectivity index (χ2n) is 10.5. The zero-order valence-corrected chi connectivity index (χ0v) is 22.9. The minimum Gasteiger partial charge on any atom is -0.449 e. The molecule has 2 aliphatic heterocycles. The number of carbonyl (C=O) groups is 4. The molecule has 0 aromatic heterocycles. The summed E-state index contributed by atoms with van der Waals surface area (Å²) < 4.78 is 10.5. The number of alkyl carbamates (subject to hydrolysis) is 1. The Balaban J connectivity index is 1.45. The molecule has 2 N–H and O–H groups in total. The molecule has 0 saturated carbocycles. The number of carbonyl (C=O) groups excluding carboxylic acids is 4. The lowest BCUT2D eigenvalue weighted by Crippen LogP contribution is -2.73. The molecular weight excluding hydrogens is 488 g/mol. The number of unbranched alkanes of at least 4 members (excludes halogenated alkanes) is 1. The highest BCUT2D eigenvalue weighted by atomic mass is 16.6. The third kappa shape index (κ3) is 7.61. The van der Waals surface area contributed by atoms with Crippen molar-refractivity contribution < 1.29 is 28.7 Å². The van der Waals surface area contributed by atoms with Crippen LogP contribution in [0.25, 0.3) is 0 Å². The van der Waals surface area contributed by atoms with Gasteiger partial charge >= 0.3 is 12.2 Å². The molecule has 0 aliphatic carbocycles. The topological polar surface area (TPSA) is 117 Å². The molecule has 1 spiro atoms. The van der Waals surface area contributed by atoms with E-state index >= 15 is 0 Å². The zero-order valence-electron chi connectivity index (χ0n) is 22.9. The normalized spacial score (nSPS) is 18.9. The molecule has 3 rings (SSSR count). The lowest BCUT2D eigenvalue weighted by Gasteiger charge is -2.51. The standard InChI is InChI=1S/C28H42N4O6/c1-4-16-32-24(33)23(12-8-9-15-29-26(35)37-20-22-10-6-5-7-11-22)30-25(34)28(32)13-17-31(18-14-28)27(36)38-19-21(2)3/h5-7,10-11,21,23H,4,8-9,12-20H2,1-3H3,(H,29,35)(H,30,34)/t23-/m0/s1. The number of rotatable bonds is 11. The highest BCUT2D eigenvalue weighted by Crippen LogP contribution is 2.34. The molecule has 1 aromatic rings. The predicted molar refractivity (Wildman–Crippen MR) is 142 cm³/mol. The maximum Gasteiger partial charge on any atom is 0.409 e. The Kier molecular flexibility index (Phi) is 10.8. The summed E-state index contributed by atoms with van der Waals surface area (Å²) in [5, 5.41) is 5.69. The van der Waals surface area contributed by atoms with Crippen LogP contribution in [0.4, 0.5) is 9.59 Å². The summed E-state index contributed by atoms with van der Waals surface area (Å²) in [5.74, 6) is 0.0314. The molecule has 0 radical (unpaired) electrons. The van der Waals surface area contributed by atoms with Gasteiger partial charge in [0.2, 0.25) is 11.8 Å². The molecule has 210 valence electrons. The molecule has 0 unspecified atom stereocenters. The average molecular weight is 531 g/mol. The predicted octanol–water partition coefficient (Wildman–Crippen LogP) is 3.45. The van der Waals surface area contributed by atoms with Crippen molar-refractivity contribution >= 4 is 24.0 Å². The fourth-order valence-corrected chi connectivity index (χ4v) is 4.94. The van der Waals surface area contributed by atoms with Gasteiger partial charge in [0.25, 0.3) is 0 Å². The quantitative estimate of drug-likeness (QED) is 0.423. The summed E-state index contributed by atoms with van der Waals surface area (Å²) in [5.41, 5.74) is -0.0111. The molecule has 4 amide bonds. The summed E-state index contributed by atoms with van der Waals surface area (Å²) in [4.78, 5) is 54.5. The molecule has 2 fully saturated rings. The Hall–Kier alpha value is -3.30. The van der Waals surface area contributed by atoms with Gasteiger partial charge in [-0.2, -0.15) is 0 Å². The average Bonchev–Trinajstić information content (AvgIpc) is 2.92. The van der Waals surface area contributed by atoms with Crippen molar-refractivity contribution in [2.45, 2.75) is 77.5 Å². The van der Waals surface area contributed by atoms with E-state index in [-0.39, 0.29) is 30.4 Å². The van der Waals surface area contributed by atoms with E-state index in [1.807, 2.05) is 51.1 Å². The van der Waals surface area contributed by atoms with Crippen molar-refractivity contribution in [3.63, 3.8) is 0 Å². The number of nitrogens with one attached hydrogen (secondary N) is 2. The van der Waals surface area contributed by atoms with Crippen LogP contribution in [0.5, 0.6) is 0 Å². The summed E-state index contributed by atoms with van der Waals surface area (Å²) in [6, 6.07) is 8.87. The van der Waals surface area contributed by atoms with Gasteiger partial charge in [-0.15, -0.1) is 0 Å². The lowest BCUT2D eigenvalue weighted by molar-refractivity contribution is -0.161. The van der Waals surface area contributed by atoms with E-state index in [1.54, 1.807) is 9.80 Å². The smallest absolute Gasteiger partial charge is 0.409 e. The van der Waals surface area contributed by atoms with E-state index < -0.39 is 17.7 Å². The Morgan fingerprint density at radius 2 is 1.82 bits per heavy atom. The van der Waals surface area contributed by atoms with E-state index in [1.165, 1.54) is 0 Å². The highest BCUT2D eigenvalue weighted by molar-refractivity contribution is 6.00. The third-order valence-electron chi connectivity index (χ3n) is 7.05. The monoisotopic (exact) mass is 530 g/mol. The number of piperazine rings is 1. The SMILES string of the molecule is CCCN1C(=O)[C@H](CCCCNC(=O)OCc2ccccc2)NC(=O)C12CCN(C(=O)OCC(C)C)CC2. The highest BCUT2D eigenvalue weighted by Gasteiger charge is 2.53. The van der Waals surface area contributed by atoms with Crippen molar-refractivity contribution in [2.24, 2.45) is 5.92 Å². The molecule has 1 aromatic carbocycles. The Morgan fingerprint density at radius 1 is 1.11 bits per heavy atom. The minimum atomic E-state index is -0.928. The van der Waals surface area contributed by atoms with Crippen molar-refractivity contribution in [3.8, 4) is 0 Å². The minimum absolute atomic E-state index is 0.0717. The van der Waals surface area contributed by atoms with Crippen LogP contribution < -0.4 is 10.6 Å². The van der Waals surface area contributed by atoms with Crippen LogP contribution in [-0.2, 0) is 25.7 Å². The van der Waals surface area contributed by atoms with Gasteiger partial charge in [0, 0.05) is 26.2 Å². The Bertz CT molecular complexity index is 946. The van der Waals surface area contributed by atoms with Gasteiger partial charge in [0.05, 0.1) is 6.61 Å². The molecule has 38 heavy (non-hydrogen) atoms. The third-order valence-corrected chi connectivity index (χ3v) is 7.05. The van der Waals surface area contributed by atoms with Crippen LogP contribution >= 0.6 is 0 Å². The summed E-state index contributed by atoms with van der Waals surface area (Å²) in [6.45, 7) is 8.17. The van der Waals surface area contributed by atoms with E-state index in [0.29, 0.717) is 64.9 Å². The maximum absolute atomic E-state index is 13.4. The summed E-state index contributed by atoms with van der Waals surface area (Å²) in [6.07, 6.45) is 2.49. The zero-order chi connectivity index (χ0) is 27.5. The van der Waals surface area contributed by atoms with Gasteiger partial charge in [-0.3, -0.25) is 9.59 Å². The number of benzene rings is 1.